The third kappa shape index (κ3) is 5.86. The topological polar surface area (TPSA) is 42.4 Å². The molecule has 150 valence electrons. The lowest BCUT2D eigenvalue weighted by molar-refractivity contribution is 0.0716. The van der Waals surface area contributed by atoms with Gasteiger partial charge in [0.15, 0.2) is 0 Å². The van der Waals surface area contributed by atoms with Crippen LogP contribution in [0.1, 0.15) is 21.5 Å². The van der Waals surface area contributed by atoms with Crippen molar-refractivity contribution in [3.05, 3.63) is 92.7 Å². The minimum absolute atomic E-state index is 0.175. The number of hydrogen-bond donors (Lipinski definition) is 0. The summed E-state index contributed by atoms with van der Waals surface area (Å²) in [5, 5.41) is 1.40. The summed E-state index contributed by atoms with van der Waals surface area (Å²) >= 11 is 18.3. The minimum atomic E-state index is -0.175. The molecule has 0 aliphatic rings. The second kappa shape index (κ2) is 9.97. The summed E-state index contributed by atoms with van der Waals surface area (Å²) in [6, 6.07) is 14.8. The predicted octanol–water partition coefficient (Wildman–Crippen LogP) is 6.07. The zero-order valence-electron chi connectivity index (χ0n) is 15.7. The number of hydrogen-bond acceptors (Lipinski definition) is 3. The number of halogens is 3. The molecule has 0 unspecified atom stereocenters. The number of aryl methyl sites for hydroxylation is 1. The lowest BCUT2D eigenvalue weighted by Gasteiger charge is -2.23. The van der Waals surface area contributed by atoms with Crippen molar-refractivity contribution in [2.75, 3.05) is 13.2 Å². The van der Waals surface area contributed by atoms with Gasteiger partial charge in [-0.05, 0) is 36.2 Å². The largest absolute Gasteiger partial charge is 0.490 e. The number of carbonyl (C=O) groups is 1. The SMILES string of the molecule is Cc1cc(Cl)cc(Cl)c1OCCN(Cc1ccccc1)C(=O)c1cncc(Cl)c1. The van der Waals surface area contributed by atoms with Gasteiger partial charge in [0.1, 0.15) is 12.4 Å². The number of ether oxygens (including phenoxy) is 1. The molecule has 7 heteroatoms. The van der Waals surface area contributed by atoms with Crippen LogP contribution in [0.15, 0.2) is 60.9 Å². The van der Waals surface area contributed by atoms with E-state index in [4.69, 9.17) is 39.5 Å². The van der Waals surface area contributed by atoms with Crippen molar-refractivity contribution in [3.63, 3.8) is 0 Å². The van der Waals surface area contributed by atoms with E-state index in [2.05, 4.69) is 4.98 Å². The average Bonchev–Trinajstić information content (AvgIpc) is 2.69. The molecule has 29 heavy (non-hydrogen) atoms. The summed E-state index contributed by atoms with van der Waals surface area (Å²) < 4.78 is 5.87. The van der Waals surface area contributed by atoms with Crippen LogP contribution in [0.4, 0.5) is 0 Å². The predicted molar refractivity (Wildman–Crippen MR) is 117 cm³/mol. The first-order valence-corrected chi connectivity index (χ1v) is 10.1. The Morgan fingerprint density at radius 2 is 1.79 bits per heavy atom. The molecule has 0 atom stereocenters. The molecule has 0 saturated heterocycles. The Bertz CT molecular complexity index is 973. The van der Waals surface area contributed by atoms with E-state index in [1.165, 1.54) is 12.4 Å². The Labute approximate surface area is 185 Å². The van der Waals surface area contributed by atoms with Crippen LogP contribution in [0, 0.1) is 6.92 Å². The third-order valence-electron chi connectivity index (χ3n) is 4.26. The Balaban J connectivity index is 1.75. The monoisotopic (exact) mass is 448 g/mol. The number of nitrogens with zero attached hydrogens (tertiary/aromatic N) is 2. The van der Waals surface area contributed by atoms with Gasteiger partial charge in [0.05, 0.1) is 22.2 Å². The zero-order chi connectivity index (χ0) is 20.8. The van der Waals surface area contributed by atoms with E-state index in [0.29, 0.717) is 39.5 Å². The first-order chi connectivity index (χ1) is 13.9. The molecule has 2 aromatic carbocycles. The first-order valence-electron chi connectivity index (χ1n) is 8.96. The van der Waals surface area contributed by atoms with E-state index in [9.17, 15) is 4.79 Å². The quantitative estimate of drug-likeness (QED) is 0.439. The van der Waals surface area contributed by atoms with Gasteiger partial charge in [0.2, 0.25) is 0 Å². The van der Waals surface area contributed by atoms with Gasteiger partial charge >= 0.3 is 0 Å². The molecule has 0 N–H and O–H groups in total. The van der Waals surface area contributed by atoms with Crippen molar-refractivity contribution in [2.45, 2.75) is 13.5 Å². The van der Waals surface area contributed by atoms with E-state index in [1.807, 2.05) is 37.3 Å². The molecule has 1 heterocycles. The highest BCUT2D eigenvalue weighted by Gasteiger charge is 2.18. The molecular formula is C22H19Cl3N2O2. The van der Waals surface area contributed by atoms with E-state index < -0.39 is 0 Å². The highest BCUT2D eigenvalue weighted by Crippen LogP contribution is 2.31. The van der Waals surface area contributed by atoms with E-state index in [0.717, 1.165) is 11.1 Å². The standard InChI is InChI=1S/C22H19Cl3N2O2/c1-15-9-18(23)11-20(25)21(15)29-8-7-27(14-16-5-3-2-4-6-16)22(28)17-10-19(24)13-26-12-17/h2-6,9-13H,7-8,14H2,1H3. The van der Waals surface area contributed by atoms with Gasteiger partial charge in [-0.1, -0.05) is 65.1 Å². The summed E-state index contributed by atoms with van der Waals surface area (Å²) in [5.74, 6) is 0.388. The highest BCUT2D eigenvalue weighted by molar-refractivity contribution is 6.35. The van der Waals surface area contributed by atoms with Crippen LogP contribution in [-0.4, -0.2) is 28.9 Å². The normalized spacial score (nSPS) is 10.6. The van der Waals surface area contributed by atoms with Crippen molar-refractivity contribution in [3.8, 4) is 5.75 Å². The fraction of sp³-hybridized carbons (Fsp3) is 0.182. The Morgan fingerprint density at radius 1 is 1.03 bits per heavy atom. The van der Waals surface area contributed by atoms with Gasteiger partial charge in [-0.25, -0.2) is 0 Å². The fourth-order valence-electron chi connectivity index (χ4n) is 2.90. The summed E-state index contributed by atoms with van der Waals surface area (Å²) in [6.45, 7) is 2.94. The van der Waals surface area contributed by atoms with Crippen LogP contribution in [0.5, 0.6) is 5.75 Å². The number of carbonyl (C=O) groups excluding carboxylic acids is 1. The number of aromatic nitrogens is 1. The molecule has 1 aromatic heterocycles. The van der Waals surface area contributed by atoms with Crippen LogP contribution in [0.25, 0.3) is 0 Å². The zero-order valence-corrected chi connectivity index (χ0v) is 18.0. The summed E-state index contributed by atoms with van der Waals surface area (Å²) in [7, 11) is 0. The first kappa shape index (κ1) is 21.4. The molecule has 0 aliphatic carbocycles. The summed E-state index contributed by atoms with van der Waals surface area (Å²) in [5.41, 5.74) is 2.27. The number of amides is 1. The van der Waals surface area contributed by atoms with Crippen molar-refractivity contribution in [1.29, 1.82) is 0 Å². The van der Waals surface area contributed by atoms with Gasteiger partial charge in [-0.2, -0.15) is 0 Å². The van der Waals surface area contributed by atoms with Crippen molar-refractivity contribution >= 4 is 40.7 Å². The van der Waals surface area contributed by atoms with E-state index in [-0.39, 0.29) is 12.5 Å². The lowest BCUT2D eigenvalue weighted by Crippen LogP contribution is -2.34. The van der Waals surface area contributed by atoms with Gasteiger partial charge in [-0.15, -0.1) is 0 Å². The fourth-order valence-corrected chi connectivity index (χ4v) is 3.72. The third-order valence-corrected chi connectivity index (χ3v) is 4.96. The van der Waals surface area contributed by atoms with Crippen molar-refractivity contribution < 1.29 is 9.53 Å². The molecule has 0 fully saturated rings. The van der Waals surface area contributed by atoms with Crippen LogP contribution in [0.3, 0.4) is 0 Å². The molecular weight excluding hydrogens is 431 g/mol. The maximum atomic E-state index is 13.1. The Hall–Kier alpha value is -2.27. The average molecular weight is 450 g/mol. The number of benzene rings is 2. The highest BCUT2D eigenvalue weighted by atomic mass is 35.5. The Kier molecular flexibility index (Phi) is 7.37. The lowest BCUT2D eigenvalue weighted by atomic mass is 10.2. The Morgan fingerprint density at radius 3 is 2.48 bits per heavy atom. The van der Waals surface area contributed by atoms with Gasteiger partial charge < -0.3 is 9.64 Å². The molecule has 3 aromatic rings. The molecule has 3 rings (SSSR count). The second-order valence-electron chi connectivity index (χ2n) is 6.49. The maximum absolute atomic E-state index is 13.1. The molecule has 1 amide bonds. The number of rotatable bonds is 7. The van der Waals surface area contributed by atoms with Crippen LogP contribution < -0.4 is 4.74 Å². The van der Waals surface area contributed by atoms with E-state index in [1.54, 1.807) is 23.1 Å². The van der Waals surface area contributed by atoms with Gasteiger partial charge in [-0.3, -0.25) is 9.78 Å². The number of pyridine rings is 1. The molecule has 0 bridgehead atoms. The second-order valence-corrected chi connectivity index (χ2v) is 7.77. The minimum Gasteiger partial charge on any atom is -0.490 e. The van der Waals surface area contributed by atoms with Crippen molar-refractivity contribution in [1.82, 2.24) is 9.88 Å². The van der Waals surface area contributed by atoms with Gasteiger partial charge in [0, 0.05) is 24.0 Å². The van der Waals surface area contributed by atoms with E-state index >= 15 is 0 Å². The summed E-state index contributed by atoms with van der Waals surface area (Å²) in [6.07, 6.45) is 3.00. The molecule has 4 nitrogen and oxygen atoms in total. The molecule has 0 aliphatic heterocycles. The summed E-state index contributed by atoms with van der Waals surface area (Å²) in [4.78, 5) is 18.8. The van der Waals surface area contributed by atoms with Crippen molar-refractivity contribution in [2.24, 2.45) is 0 Å². The van der Waals surface area contributed by atoms with Crippen LogP contribution >= 0.6 is 34.8 Å². The van der Waals surface area contributed by atoms with Crippen LogP contribution in [0.2, 0.25) is 15.1 Å². The molecule has 0 saturated carbocycles. The maximum Gasteiger partial charge on any atom is 0.255 e. The smallest absolute Gasteiger partial charge is 0.255 e. The molecule has 0 radical (unpaired) electrons. The van der Waals surface area contributed by atoms with Gasteiger partial charge in [0.25, 0.3) is 5.91 Å². The molecule has 0 spiro atoms. The van der Waals surface area contributed by atoms with Crippen LogP contribution in [-0.2, 0) is 6.54 Å².